The second-order valence-electron chi connectivity index (χ2n) is 5.63. The zero-order valence-electron chi connectivity index (χ0n) is 12.2. The lowest BCUT2D eigenvalue weighted by Gasteiger charge is -2.22. The van der Waals surface area contributed by atoms with Gasteiger partial charge in [-0.1, -0.05) is 6.92 Å². The molecule has 1 fully saturated rings. The van der Waals surface area contributed by atoms with Crippen LogP contribution in [0.3, 0.4) is 0 Å². The minimum atomic E-state index is -0.817. The van der Waals surface area contributed by atoms with Crippen molar-refractivity contribution in [2.24, 2.45) is 11.8 Å². The van der Waals surface area contributed by atoms with E-state index in [2.05, 4.69) is 24.1 Å². The Balaban J connectivity index is 2.33. The number of carboxylic acids is 1. The molecule has 19 heavy (non-hydrogen) atoms. The molecule has 6 nitrogen and oxygen atoms in total. The molecule has 0 saturated carbocycles. The molecule has 0 radical (unpaired) electrons. The van der Waals surface area contributed by atoms with Gasteiger partial charge in [0.2, 0.25) is 0 Å². The first-order chi connectivity index (χ1) is 8.82. The molecule has 1 saturated heterocycles. The van der Waals surface area contributed by atoms with Crippen LogP contribution >= 0.6 is 0 Å². The molecule has 1 aliphatic heterocycles. The first kappa shape index (κ1) is 15.8. The summed E-state index contributed by atoms with van der Waals surface area (Å²) < 4.78 is 0. The average molecular weight is 271 g/mol. The first-order valence-corrected chi connectivity index (χ1v) is 6.78. The van der Waals surface area contributed by atoms with Gasteiger partial charge in [0.15, 0.2) is 0 Å². The minimum absolute atomic E-state index is 0.0154. The summed E-state index contributed by atoms with van der Waals surface area (Å²) in [5, 5.41) is 11.9. The summed E-state index contributed by atoms with van der Waals surface area (Å²) in [6, 6.07) is 0.285. The maximum absolute atomic E-state index is 11.9. The summed E-state index contributed by atoms with van der Waals surface area (Å²) in [6.45, 7) is 8.26. The highest BCUT2D eigenvalue weighted by atomic mass is 16.4. The van der Waals surface area contributed by atoms with Crippen LogP contribution in [0.2, 0.25) is 0 Å². The maximum Gasteiger partial charge on any atom is 0.317 e. The van der Waals surface area contributed by atoms with E-state index in [0.29, 0.717) is 25.7 Å². The molecule has 2 unspecified atom stereocenters. The molecule has 0 aromatic heterocycles. The predicted molar refractivity (Wildman–Crippen MR) is 73.0 cm³/mol. The maximum atomic E-state index is 11.9. The lowest BCUT2D eigenvalue weighted by atomic mass is 9.99. The third kappa shape index (κ3) is 4.38. The zero-order chi connectivity index (χ0) is 14.6. The van der Waals surface area contributed by atoms with E-state index in [0.717, 1.165) is 6.54 Å². The number of nitrogens with one attached hydrogen (secondary N) is 1. The van der Waals surface area contributed by atoms with Crippen molar-refractivity contribution in [2.45, 2.75) is 26.8 Å². The Morgan fingerprint density at radius 1 is 1.42 bits per heavy atom. The Morgan fingerprint density at radius 3 is 2.53 bits per heavy atom. The molecular weight excluding hydrogens is 246 g/mol. The highest BCUT2D eigenvalue weighted by Gasteiger charge is 2.36. The van der Waals surface area contributed by atoms with Crippen LogP contribution in [0.25, 0.3) is 0 Å². The standard InChI is InChI=1S/C13H25N3O3/c1-9(2)15(4)6-5-14-13(19)16-7-10(3)11(8-16)12(17)18/h9-11H,5-8H2,1-4H3,(H,14,19)(H,17,18). The van der Waals surface area contributed by atoms with Gasteiger partial charge in [-0.15, -0.1) is 0 Å². The summed E-state index contributed by atoms with van der Waals surface area (Å²) in [7, 11) is 2.01. The first-order valence-electron chi connectivity index (χ1n) is 6.78. The van der Waals surface area contributed by atoms with Gasteiger partial charge in [0.05, 0.1) is 5.92 Å². The summed E-state index contributed by atoms with van der Waals surface area (Å²) >= 11 is 0. The van der Waals surface area contributed by atoms with Gasteiger partial charge < -0.3 is 20.2 Å². The molecule has 1 heterocycles. The molecule has 110 valence electrons. The Kier molecular flexibility index (Phi) is 5.60. The third-order valence-electron chi connectivity index (χ3n) is 3.84. The van der Waals surface area contributed by atoms with Gasteiger partial charge in [-0.05, 0) is 26.8 Å². The fourth-order valence-electron chi connectivity index (χ4n) is 2.16. The van der Waals surface area contributed by atoms with E-state index in [1.165, 1.54) is 0 Å². The van der Waals surface area contributed by atoms with Crippen molar-refractivity contribution in [3.05, 3.63) is 0 Å². The smallest absolute Gasteiger partial charge is 0.317 e. The van der Waals surface area contributed by atoms with Gasteiger partial charge in [-0.3, -0.25) is 4.79 Å². The van der Waals surface area contributed by atoms with Gasteiger partial charge >= 0.3 is 12.0 Å². The van der Waals surface area contributed by atoms with Crippen molar-refractivity contribution in [2.75, 3.05) is 33.2 Å². The Bertz CT molecular complexity index is 333. The normalized spacial score (nSPS) is 23.2. The quantitative estimate of drug-likeness (QED) is 0.771. The van der Waals surface area contributed by atoms with E-state index in [4.69, 9.17) is 5.11 Å². The molecule has 2 N–H and O–H groups in total. The Labute approximate surface area is 114 Å². The lowest BCUT2D eigenvalue weighted by molar-refractivity contribution is -0.142. The monoisotopic (exact) mass is 271 g/mol. The van der Waals surface area contributed by atoms with E-state index in [1.807, 2.05) is 14.0 Å². The summed E-state index contributed by atoms with van der Waals surface area (Å²) in [5.41, 5.74) is 0. The number of hydrogen-bond donors (Lipinski definition) is 2. The Morgan fingerprint density at radius 2 is 2.05 bits per heavy atom. The van der Waals surface area contributed by atoms with Crippen LogP contribution in [0.15, 0.2) is 0 Å². The fourth-order valence-corrected chi connectivity index (χ4v) is 2.16. The molecule has 2 amide bonds. The number of carboxylic acid groups (broad SMARTS) is 1. The van der Waals surface area contributed by atoms with Crippen LogP contribution in [-0.2, 0) is 4.79 Å². The molecule has 0 spiro atoms. The summed E-state index contributed by atoms with van der Waals surface area (Å²) in [4.78, 5) is 26.6. The molecule has 1 aliphatic rings. The number of likely N-dealkylation sites (N-methyl/N-ethyl adjacent to an activating group) is 1. The summed E-state index contributed by atoms with van der Waals surface area (Å²) in [5.74, 6) is -1.24. The number of amides is 2. The van der Waals surface area contributed by atoms with Crippen molar-refractivity contribution < 1.29 is 14.7 Å². The second-order valence-corrected chi connectivity index (χ2v) is 5.63. The van der Waals surface area contributed by atoms with Gasteiger partial charge in [0, 0.05) is 32.2 Å². The molecule has 6 heteroatoms. The molecule has 0 bridgehead atoms. The highest BCUT2D eigenvalue weighted by molar-refractivity contribution is 5.77. The van der Waals surface area contributed by atoms with Gasteiger partial charge in [-0.25, -0.2) is 4.79 Å². The fraction of sp³-hybridized carbons (Fsp3) is 0.846. The van der Waals surface area contributed by atoms with Gasteiger partial charge in [0.25, 0.3) is 0 Å². The Hall–Kier alpha value is -1.30. The number of carbonyl (C=O) groups is 2. The van der Waals surface area contributed by atoms with Crippen molar-refractivity contribution in [1.29, 1.82) is 0 Å². The van der Waals surface area contributed by atoms with E-state index in [1.54, 1.807) is 4.90 Å². The average Bonchev–Trinajstić information content (AvgIpc) is 2.71. The molecule has 0 aliphatic carbocycles. The van der Waals surface area contributed by atoms with E-state index >= 15 is 0 Å². The number of urea groups is 1. The molecule has 0 aromatic rings. The number of nitrogens with zero attached hydrogens (tertiary/aromatic N) is 2. The highest BCUT2D eigenvalue weighted by Crippen LogP contribution is 2.22. The van der Waals surface area contributed by atoms with E-state index in [9.17, 15) is 9.59 Å². The SMILES string of the molecule is CC1CN(C(=O)NCCN(C)C(C)C)CC1C(=O)O. The predicted octanol–water partition coefficient (Wildman–Crippen LogP) is 0.689. The minimum Gasteiger partial charge on any atom is -0.481 e. The van der Waals surface area contributed by atoms with Crippen LogP contribution in [0.4, 0.5) is 4.79 Å². The van der Waals surface area contributed by atoms with E-state index in [-0.39, 0.29) is 11.9 Å². The van der Waals surface area contributed by atoms with Gasteiger partial charge in [0.1, 0.15) is 0 Å². The number of rotatable bonds is 5. The lowest BCUT2D eigenvalue weighted by Crippen LogP contribution is -2.42. The van der Waals surface area contributed by atoms with Crippen LogP contribution in [0, 0.1) is 11.8 Å². The number of aliphatic carboxylic acids is 1. The van der Waals surface area contributed by atoms with E-state index < -0.39 is 11.9 Å². The van der Waals surface area contributed by atoms with Crippen molar-refractivity contribution in [1.82, 2.24) is 15.1 Å². The third-order valence-corrected chi connectivity index (χ3v) is 3.84. The van der Waals surface area contributed by atoms with Crippen molar-refractivity contribution >= 4 is 12.0 Å². The molecular formula is C13H25N3O3. The van der Waals surface area contributed by atoms with Crippen LogP contribution in [0.5, 0.6) is 0 Å². The molecule has 2 atom stereocenters. The van der Waals surface area contributed by atoms with Crippen LogP contribution < -0.4 is 5.32 Å². The largest absolute Gasteiger partial charge is 0.481 e. The zero-order valence-corrected chi connectivity index (χ0v) is 12.2. The topological polar surface area (TPSA) is 72.9 Å². The van der Waals surface area contributed by atoms with Crippen LogP contribution in [0.1, 0.15) is 20.8 Å². The van der Waals surface area contributed by atoms with Crippen LogP contribution in [-0.4, -0.2) is 66.2 Å². The molecule has 1 rings (SSSR count). The number of hydrogen-bond acceptors (Lipinski definition) is 3. The van der Waals surface area contributed by atoms with Crippen molar-refractivity contribution in [3.63, 3.8) is 0 Å². The second kappa shape index (κ2) is 6.75. The number of carbonyl (C=O) groups excluding carboxylic acids is 1. The van der Waals surface area contributed by atoms with Crippen molar-refractivity contribution in [3.8, 4) is 0 Å². The molecule has 0 aromatic carbocycles. The summed E-state index contributed by atoms with van der Waals surface area (Å²) in [6.07, 6.45) is 0. The number of likely N-dealkylation sites (tertiary alicyclic amines) is 1. The van der Waals surface area contributed by atoms with Gasteiger partial charge in [-0.2, -0.15) is 0 Å².